The number of halogens is 1. The summed E-state index contributed by atoms with van der Waals surface area (Å²) in [5.41, 5.74) is 7.76. The third kappa shape index (κ3) is 3.14. The standard InChI is InChI=1S/C16H25BrN2/c1-12-10-15(2,3)8-9-16(12,11-18)19-14-7-5-4-6-13(14)17/h4-7,12,19H,8-11,18H2,1-3H3. The number of benzene rings is 1. The van der Waals surface area contributed by atoms with Crippen molar-refractivity contribution >= 4 is 21.6 Å². The Bertz CT molecular complexity index is 444. The van der Waals surface area contributed by atoms with Crippen LogP contribution < -0.4 is 11.1 Å². The molecule has 0 aliphatic heterocycles. The van der Waals surface area contributed by atoms with Gasteiger partial charge in [-0.25, -0.2) is 0 Å². The molecule has 2 unspecified atom stereocenters. The molecule has 0 spiro atoms. The Morgan fingerprint density at radius 1 is 1.32 bits per heavy atom. The molecular formula is C16H25BrN2. The first-order chi connectivity index (χ1) is 8.88. The summed E-state index contributed by atoms with van der Waals surface area (Å²) in [5.74, 6) is 0.577. The predicted molar refractivity (Wildman–Crippen MR) is 86.3 cm³/mol. The third-order valence-electron chi connectivity index (χ3n) is 4.67. The van der Waals surface area contributed by atoms with E-state index in [4.69, 9.17) is 5.73 Å². The summed E-state index contributed by atoms with van der Waals surface area (Å²) < 4.78 is 1.11. The van der Waals surface area contributed by atoms with Gasteiger partial charge in [0.2, 0.25) is 0 Å². The Balaban J connectivity index is 2.22. The third-order valence-corrected chi connectivity index (χ3v) is 5.36. The Labute approximate surface area is 125 Å². The maximum absolute atomic E-state index is 6.14. The van der Waals surface area contributed by atoms with Crippen LogP contribution >= 0.6 is 15.9 Å². The second kappa shape index (κ2) is 5.45. The van der Waals surface area contributed by atoms with Crippen LogP contribution in [-0.2, 0) is 0 Å². The number of para-hydroxylation sites is 1. The lowest BCUT2D eigenvalue weighted by molar-refractivity contribution is 0.120. The van der Waals surface area contributed by atoms with Crippen molar-refractivity contribution in [3.63, 3.8) is 0 Å². The minimum atomic E-state index is 0.0272. The highest BCUT2D eigenvalue weighted by Gasteiger charge is 2.43. The lowest BCUT2D eigenvalue weighted by Gasteiger charge is -2.49. The zero-order valence-corrected chi connectivity index (χ0v) is 13.8. The van der Waals surface area contributed by atoms with Crippen LogP contribution in [0, 0.1) is 11.3 Å². The normalized spacial score (nSPS) is 30.1. The molecule has 0 bridgehead atoms. The first-order valence-corrected chi connectivity index (χ1v) is 7.91. The Morgan fingerprint density at radius 3 is 2.58 bits per heavy atom. The summed E-state index contributed by atoms with van der Waals surface area (Å²) in [6.45, 7) is 7.74. The van der Waals surface area contributed by atoms with Crippen LogP contribution in [-0.4, -0.2) is 12.1 Å². The topological polar surface area (TPSA) is 38.0 Å². The van der Waals surface area contributed by atoms with E-state index in [2.05, 4.69) is 60.2 Å². The second-order valence-electron chi connectivity index (χ2n) is 6.73. The van der Waals surface area contributed by atoms with Crippen molar-refractivity contribution in [3.05, 3.63) is 28.7 Å². The number of rotatable bonds is 3. The number of hydrogen-bond acceptors (Lipinski definition) is 2. The van der Waals surface area contributed by atoms with Gasteiger partial charge in [-0.1, -0.05) is 32.9 Å². The molecule has 1 aliphatic carbocycles. The molecule has 1 aliphatic rings. The molecule has 3 N–H and O–H groups in total. The minimum Gasteiger partial charge on any atom is -0.377 e. The summed E-state index contributed by atoms with van der Waals surface area (Å²) >= 11 is 3.62. The molecule has 0 radical (unpaired) electrons. The van der Waals surface area contributed by atoms with Crippen molar-refractivity contribution < 1.29 is 0 Å². The first-order valence-electron chi connectivity index (χ1n) is 7.11. The molecule has 0 aromatic heterocycles. The van der Waals surface area contributed by atoms with Gasteiger partial charge in [-0.3, -0.25) is 0 Å². The van der Waals surface area contributed by atoms with E-state index in [1.54, 1.807) is 0 Å². The second-order valence-corrected chi connectivity index (χ2v) is 7.59. The fourth-order valence-corrected chi connectivity index (χ4v) is 3.69. The predicted octanol–water partition coefficient (Wildman–Crippen LogP) is 4.40. The quantitative estimate of drug-likeness (QED) is 0.864. The number of nitrogens with two attached hydrogens (primary N) is 1. The molecule has 106 valence electrons. The van der Waals surface area contributed by atoms with Crippen LogP contribution in [0.4, 0.5) is 5.69 Å². The highest BCUT2D eigenvalue weighted by Crippen LogP contribution is 2.45. The lowest BCUT2D eigenvalue weighted by Crippen LogP contribution is -2.55. The Morgan fingerprint density at radius 2 is 2.00 bits per heavy atom. The first kappa shape index (κ1) is 14.9. The average Bonchev–Trinajstić information content (AvgIpc) is 2.35. The van der Waals surface area contributed by atoms with Gasteiger partial charge in [0.05, 0.1) is 5.54 Å². The number of nitrogens with one attached hydrogen (secondary N) is 1. The molecule has 2 rings (SSSR count). The highest BCUT2D eigenvalue weighted by atomic mass is 79.9. The molecule has 0 saturated heterocycles. The van der Waals surface area contributed by atoms with Gasteiger partial charge in [-0.2, -0.15) is 0 Å². The van der Waals surface area contributed by atoms with Gasteiger partial charge < -0.3 is 11.1 Å². The van der Waals surface area contributed by atoms with Gasteiger partial charge in [0.25, 0.3) is 0 Å². The molecule has 0 amide bonds. The fraction of sp³-hybridized carbons (Fsp3) is 0.625. The van der Waals surface area contributed by atoms with Crippen LogP contribution in [0.2, 0.25) is 0 Å². The van der Waals surface area contributed by atoms with Crippen LogP contribution in [0.3, 0.4) is 0 Å². The SMILES string of the molecule is CC1CC(C)(C)CCC1(CN)Nc1ccccc1Br. The molecular weight excluding hydrogens is 300 g/mol. The van der Waals surface area contributed by atoms with E-state index in [0.717, 1.165) is 16.6 Å². The zero-order chi connectivity index (χ0) is 14.1. The summed E-state index contributed by atoms with van der Waals surface area (Å²) in [6, 6.07) is 8.30. The highest BCUT2D eigenvalue weighted by molar-refractivity contribution is 9.10. The fourth-order valence-electron chi connectivity index (χ4n) is 3.30. The van der Waals surface area contributed by atoms with Crippen molar-refractivity contribution in [2.75, 3.05) is 11.9 Å². The molecule has 19 heavy (non-hydrogen) atoms. The number of anilines is 1. The summed E-state index contributed by atoms with van der Waals surface area (Å²) in [4.78, 5) is 0. The maximum atomic E-state index is 6.14. The molecule has 1 aromatic rings. The van der Waals surface area contributed by atoms with Gasteiger partial charge in [0, 0.05) is 16.7 Å². The van der Waals surface area contributed by atoms with Gasteiger partial charge in [0.15, 0.2) is 0 Å². The maximum Gasteiger partial charge on any atom is 0.0521 e. The van der Waals surface area contributed by atoms with Gasteiger partial charge >= 0.3 is 0 Å². The summed E-state index contributed by atoms with van der Waals surface area (Å²) in [5, 5.41) is 3.73. The van der Waals surface area contributed by atoms with E-state index < -0.39 is 0 Å². The van der Waals surface area contributed by atoms with E-state index in [1.165, 1.54) is 12.8 Å². The van der Waals surface area contributed by atoms with Crippen molar-refractivity contribution in [2.24, 2.45) is 17.1 Å². The van der Waals surface area contributed by atoms with Gasteiger partial charge in [0.1, 0.15) is 0 Å². The molecule has 2 atom stereocenters. The zero-order valence-electron chi connectivity index (χ0n) is 12.2. The van der Waals surface area contributed by atoms with E-state index in [-0.39, 0.29) is 5.54 Å². The largest absolute Gasteiger partial charge is 0.377 e. The molecule has 1 aromatic carbocycles. The van der Waals surface area contributed by atoms with Crippen molar-refractivity contribution in [3.8, 4) is 0 Å². The smallest absolute Gasteiger partial charge is 0.0521 e. The van der Waals surface area contributed by atoms with Crippen LogP contribution in [0.5, 0.6) is 0 Å². The number of hydrogen-bond donors (Lipinski definition) is 2. The van der Waals surface area contributed by atoms with Crippen LogP contribution in [0.1, 0.15) is 40.0 Å². The molecule has 0 heterocycles. The molecule has 1 fully saturated rings. The Kier molecular flexibility index (Phi) is 4.26. The van der Waals surface area contributed by atoms with Gasteiger partial charge in [-0.15, -0.1) is 0 Å². The molecule has 2 nitrogen and oxygen atoms in total. The van der Waals surface area contributed by atoms with Crippen molar-refractivity contribution in [1.29, 1.82) is 0 Å². The monoisotopic (exact) mass is 324 g/mol. The molecule has 1 saturated carbocycles. The van der Waals surface area contributed by atoms with E-state index >= 15 is 0 Å². The summed E-state index contributed by atoms with van der Waals surface area (Å²) in [6.07, 6.45) is 3.59. The minimum absolute atomic E-state index is 0.0272. The van der Waals surface area contributed by atoms with E-state index in [9.17, 15) is 0 Å². The van der Waals surface area contributed by atoms with Crippen molar-refractivity contribution in [1.82, 2.24) is 0 Å². The van der Waals surface area contributed by atoms with Crippen LogP contribution in [0.15, 0.2) is 28.7 Å². The van der Waals surface area contributed by atoms with Gasteiger partial charge in [-0.05, 0) is 58.7 Å². The Hall–Kier alpha value is -0.540. The average molecular weight is 325 g/mol. The van der Waals surface area contributed by atoms with E-state index in [0.29, 0.717) is 17.9 Å². The van der Waals surface area contributed by atoms with Crippen LogP contribution in [0.25, 0.3) is 0 Å². The molecule has 3 heteroatoms. The van der Waals surface area contributed by atoms with Crippen molar-refractivity contribution in [2.45, 2.75) is 45.6 Å². The lowest BCUT2D eigenvalue weighted by atomic mass is 9.63. The summed E-state index contributed by atoms with van der Waals surface area (Å²) in [7, 11) is 0. The van der Waals surface area contributed by atoms with E-state index in [1.807, 2.05) is 6.07 Å².